The van der Waals surface area contributed by atoms with E-state index in [-0.39, 0.29) is 0 Å². The molecule has 0 aromatic heterocycles. The third-order valence-electron chi connectivity index (χ3n) is 2.74. The maximum Gasteiger partial charge on any atom is 0.142 e. The fourth-order valence-corrected chi connectivity index (χ4v) is 1.88. The highest BCUT2D eigenvalue weighted by Gasteiger charge is 2.02. The lowest BCUT2D eigenvalue weighted by Crippen LogP contribution is -2.03. The van der Waals surface area contributed by atoms with Crippen molar-refractivity contribution in [2.45, 2.75) is 19.9 Å². The first kappa shape index (κ1) is 13.8. The van der Waals surface area contributed by atoms with Crippen LogP contribution in [0.1, 0.15) is 18.9 Å². The zero-order valence-electron chi connectivity index (χ0n) is 11.0. The van der Waals surface area contributed by atoms with Crippen LogP contribution < -0.4 is 10.1 Å². The first-order valence-electron chi connectivity index (χ1n) is 6.49. The second-order valence-corrected chi connectivity index (χ2v) is 4.76. The van der Waals surface area contributed by atoms with Crippen LogP contribution in [-0.4, -0.2) is 6.61 Å². The summed E-state index contributed by atoms with van der Waals surface area (Å²) < 4.78 is 5.71. The highest BCUT2D eigenvalue weighted by molar-refractivity contribution is 6.30. The number of hydrogen-bond donors (Lipinski definition) is 1. The number of halogens is 1. The molecule has 0 bridgehead atoms. The van der Waals surface area contributed by atoms with E-state index in [2.05, 4.69) is 12.2 Å². The van der Waals surface area contributed by atoms with Gasteiger partial charge in [0.1, 0.15) is 5.75 Å². The van der Waals surface area contributed by atoms with Gasteiger partial charge < -0.3 is 10.1 Å². The number of nitrogens with one attached hydrogen (secondary N) is 1. The quantitative estimate of drug-likeness (QED) is 0.822. The van der Waals surface area contributed by atoms with Crippen LogP contribution in [0, 0.1) is 0 Å². The second kappa shape index (κ2) is 7.05. The smallest absolute Gasteiger partial charge is 0.142 e. The molecule has 2 aromatic rings. The molecule has 0 saturated carbocycles. The predicted octanol–water partition coefficient (Wildman–Crippen LogP) is 4.74. The van der Waals surface area contributed by atoms with E-state index in [9.17, 15) is 0 Å². The molecule has 0 atom stereocenters. The van der Waals surface area contributed by atoms with Gasteiger partial charge in [-0.1, -0.05) is 42.8 Å². The Morgan fingerprint density at radius 2 is 1.79 bits per heavy atom. The van der Waals surface area contributed by atoms with E-state index >= 15 is 0 Å². The largest absolute Gasteiger partial charge is 0.491 e. The molecule has 2 rings (SSSR count). The van der Waals surface area contributed by atoms with Crippen LogP contribution in [0.3, 0.4) is 0 Å². The monoisotopic (exact) mass is 275 g/mol. The van der Waals surface area contributed by atoms with Gasteiger partial charge in [0.15, 0.2) is 0 Å². The van der Waals surface area contributed by atoms with Crippen molar-refractivity contribution in [3.8, 4) is 5.75 Å². The Hall–Kier alpha value is -1.67. The minimum atomic E-state index is 0.736. The van der Waals surface area contributed by atoms with Crippen LogP contribution >= 0.6 is 11.6 Å². The summed E-state index contributed by atoms with van der Waals surface area (Å²) in [6, 6.07) is 15.8. The number of benzene rings is 2. The molecule has 0 saturated heterocycles. The molecule has 0 aliphatic heterocycles. The molecule has 0 aliphatic carbocycles. The summed E-state index contributed by atoms with van der Waals surface area (Å²) in [5.41, 5.74) is 2.21. The minimum Gasteiger partial charge on any atom is -0.491 e. The molecule has 2 nitrogen and oxygen atoms in total. The molecule has 2 aromatic carbocycles. The van der Waals surface area contributed by atoms with Gasteiger partial charge in [-0.25, -0.2) is 0 Å². The predicted molar refractivity (Wildman–Crippen MR) is 81.0 cm³/mol. The van der Waals surface area contributed by atoms with Crippen LogP contribution in [0.15, 0.2) is 48.5 Å². The van der Waals surface area contributed by atoms with E-state index in [1.165, 1.54) is 5.56 Å². The van der Waals surface area contributed by atoms with Gasteiger partial charge in [0, 0.05) is 11.6 Å². The van der Waals surface area contributed by atoms with E-state index < -0.39 is 0 Å². The Bertz CT molecular complexity index is 510. The number of anilines is 1. The fraction of sp³-hybridized carbons (Fsp3) is 0.250. The maximum atomic E-state index is 5.87. The van der Waals surface area contributed by atoms with Crippen LogP contribution in [-0.2, 0) is 6.54 Å². The first-order valence-corrected chi connectivity index (χ1v) is 6.87. The van der Waals surface area contributed by atoms with Gasteiger partial charge in [-0.3, -0.25) is 0 Å². The van der Waals surface area contributed by atoms with Crippen LogP contribution in [0.2, 0.25) is 5.02 Å². The molecule has 0 unspecified atom stereocenters. The fourth-order valence-electron chi connectivity index (χ4n) is 1.75. The summed E-state index contributed by atoms with van der Waals surface area (Å²) in [5, 5.41) is 4.15. The summed E-state index contributed by atoms with van der Waals surface area (Å²) >= 11 is 5.87. The van der Waals surface area contributed by atoms with Gasteiger partial charge in [-0.2, -0.15) is 0 Å². The Balaban J connectivity index is 2.00. The summed E-state index contributed by atoms with van der Waals surface area (Å²) in [6.07, 6.45) is 1.01. The van der Waals surface area contributed by atoms with Gasteiger partial charge in [0.25, 0.3) is 0 Å². The van der Waals surface area contributed by atoms with Crippen molar-refractivity contribution >= 4 is 17.3 Å². The van der Waals surface area contributed by atoms with Crippen LogP contribution in [0.25, 0.3) is 0 Å². The Morgan fingerprint density at radius 1 is 1.05 bits per heavy atom. The number of ether oxygens (including phenoxy) is 1. The average molecular weight is 276 g/mol. The lowest BCUT2D eigenvalue weighted by molar-refractivity contribution is 0.319. The summed E-state index contributed by atoms with van der Waals surface area (Å²) in [7, 11) is 0. The standard InChI is InChI=1S/C16H18ClNO/c1-2-11-19-16-6-4-3-5-15(16)18-12-13-7-9-14(17)10-8-13/h3-10,18H,2,11-12H2,1H3. The summed E-state index contributed by atoms with van der Waals surface area (Å²) in [5.74, 6) is 0.901. The lowest BCUT2D eigenvalue weighted by atomic mass is 10.2. The third kappa shape index (κ3) is 4.18. The zero-order chi connectivity index (χ0) is 13.5. The molecule has 0 spiro atoms. The lowest BCUT2D eigenvalue weighted by Gasteiger charge is -2.12. The Labute approximate surface area is 119 Å². The van der Waals surface area contributed by atoms with E-state index in [0.29, 0.717) is 0 Å². The van der Waals surface area contributed by atoms with Gasteiger partial charge in [0.05, 0.1) is 12.3 Å². The van der Waals surface area contributed by atoms with Gasteiger partial charge in [0.2, 0.25) is 0 Å². The van der Waals surface area contributed by atoms with Gasteiger partial charge in [-0.05, 0) is 36.2 Å². The maximum absolute atomic E-state index is 5.87. The van der Waals surface area contributed by atoms with E-state index in [1.54, 1.807) is 0 Å². The molecule has 19 heavy (non-hydrogen) atoms. The molecule has 3 heteroatoms. The summed E-state index contributed by atoms with van der Waals surface area (Å²) in [6.45, 7) is 3.59. The third-order valence-corrected chi connectivity index (χ3v) is 3.00. The van der Waals surface area contributed by atoms with Gasteiger partial charge in [-0.15, -0.1) is 0 Å². The average Bonchev–Trinajstić information content (AvgIpc) is 2.45. The molecule has 0 amide bonds. The zero-order valence-corrected chi connectivity index (χ0v) is 11.8. The Kier molecular flexibility index (Phi) is 5.10. The highest BCUT2D eigenvalue weighted by atomic mass is 35.5. The van der Waals surface area contributed by atoms with Crippen molar-refractivity contribution in [1.29, 1.82) is 0 Å². The Morgan fingerprint density at radius 3 is 2.53 bits per heavy atom. The molecule has 0 radical (unpaired) electrons. The molecule has 0 fully saturated rings. The van der Waals surface area contributed by atoms with Gasteiger partial charge >= 0.3 is 0 Å². The van der Waals surface area contributed by atoms with E-state index in [1.807, 2.05) is 48.5 Å². The molecular formula is C16H18ClNO. The normalized spacial score (nSPS) is 10.2. The number of rotatable bonds is 6. The highest BCUT2D eigenvalue weighted by Crippen LogP contribution is 2.24. The van der Waals surface area contributed by atoms with Crippen LogP contribution in [0.5, 0.6) is 5.75 Å². The topological polar surface area (TPSA) is 21.3 Å². The number of hydrogen-bond acceptors (Lipinski definition) is 2. The molecule has 0 aliphatic rings. The van der Waals surface area contributed by atoms with Crippen molar-refractivity contribution in [2.24, 2.45) is 0 Å². The van der Waals surface area contributed by atoms with Crippen molar-refractivity contribution in [3.05, 3.63) is 59.1 Å². The van der Waals surface area contributed by atoms with E-state index in [4.69, 9.17) is 16.3 Å². The molecule has 0 heterocycles. The second-order valence-electron chi connectivity index (χ2n) is 4.32. The molecular weight excluding hydrogens is 258 g/mol. The SMILES string of the molecule is CCCOc1ccccc1NCc1ccc(Cl)cc1. The minimum absolute atomic E-state index is 0.736. The number of para-hydroxylation sites is 2. The van der Waals surface area contributed by atoms with E-state index in [0.717, 1.165) is 36.0 Å². The van der Waals surface area contributed by atoms with Crippen molar-refractivity contribution in [1.82, 2.24) is 0 Å². The first-order chi connectivity index (χ1) is 9.29. The molecule has 1 N–H and O–H groups in total. The van der Waals surface area contributed by atoms with Crippen molar-refractivity contribution in [2.75, 3.05) is 11.9 Å². The summed E-state index contributed by atoms with van der Waals surface area (Å²) in [4.78, 5) is 0. The van der Waals surface area contributed by atoms with Crippen LogP contribution in [0.4, 0.5) is 5.69 Å². The van der Waals surface area contributed by atoms with Crippen molar-refractivity contribution in [3.63, 3.8) is 0 Å². The molecule has 100 valence electrons. The van der Waals surface area contributed by atoms with Crippen molar-refractivity contribution < 1.29 is 4.74 Å².